The second-order valence-electron chi connectivity index (χ2n) is 7.34. The third kappa shape index (κ3) is 3.76. The van der Waals surface area contributed by atoms with Gasteiger partial charge in [0.15, 0.2) is 5.82 Å². The number of nitriles is 1. The minimum atomic E-state index is -3.69. The van der Waals surface area contributed by atoms with Crippen molar-refractivity contribution < 1.29 is 13.2 Å². The summed E-state index contributed by atoms with van der Waals surface area (Å²) in [6.45, 7) is 0.116. The molecule has 0 aliphatic carbocycles. The number of benzene rings is 2. The van der Waals surface area contributed by atoms with Crippen molar-refractivity contribution >= 4 is 27.4 Å². The summed E-state index contributed by atoms with van der Waals surface area (Å²) >= 11 is 0. The lowest BCUT2D eigenvalue weighted by Gasteiger charge is -2.47. The molecule has 0 atom stereocenters. The number of amides is 1. The van der Waals surface area contributed by atoms with E-state index >= 15 is 0 Å². The Kier molecular flexibility index (Phi) is 5.22. The van der Waals surface area contributed by atoms with E-state index in [1.807, 2.05) is 30.3 Å². The number of carbonyl (C=O) groups is 1. The van der Waals surface area contributed by atoms with Gasteiger partial charge in [0.05, 0.1) is 17.4 Å². The lowest BCUT2D eigenvalue weighted by Crippen LogP contribution is -2.64. The minimum absolute atomic E-state index is 0.0263. The fraction of sp³-hybridized carbons (Fsp3) is 0.190. The van der Waals surface area contributed by atoms with Crippen LogP contribution in [-0.4, -0.2) is 41.5 Å². The maximum atomic E-state index is 12.9. The lowest BCUT2D eigenvalue weighted by molar-refractivity contribution is 0.0718. The van der Waals surface area contributed by atoms with E-state index in [-0.39, 0.29) is 35.8 Å². The average Bonchev–Trinajstić information content (AvgIpc) is 3.16. The first-order valence-electron chi connectivity index (χ1n) is 9.50. The Morgan fingerprint density at radius 3 is 2.32 bits per heavy atom. The van der Waals surface area contributed by atoms with Gasteiger partial charge in [-0.15, -0.1) is 0 Å². The van der Waals surface area contributed by atoms with Crippen molar-refractivity contribution in [3.8, 4) is 6.07 Å². The molecule has 1 saturated heterocycles. The number of primary amides is 1. The van der Waals surface area contributed by atoms with Gasteiger partial charge in [0, 0.05) is 25.0 Å². The maximum Gasteiger partial charge on any atom is 0.254 e. The molecule has 31 heavy (non-hydrogen) atoms. The van der Waals surface area contributed by atoms with Gasteiger partial charge in [-0.25, -0.2) is 8.42 Å². The Balaban J connectivity index is 1.65. The Bertz CT molecular complexity index is 1240. The molecular formula is C21H20N6O3S. The van der Waals surface area contributed by atoms with E-state index in [1.165, 1.54) is 27.3 Å². The van der Waals surface area contributed by atoms with Gasteiger partial charge in [0.25, 0.3) is 5.91 Å². The van der Waals surface area contributed by atoms with Crippen molar-refractivity contribution in [3.05, 3.63) is 72.4 Å². The van der Waals surface area contributed by atoms with E-state index in [4.69, 9.17) is 5.73 Å². The molecule has 10 heteroatoms. The first-order chi connectivity index (χ1) is 14.9. The normalized spacial score (nSPS) is 15.6. The maximum absolute atomic E-state index is 12.9. The van der Waals surface area contributed by atoms with E-state index in [1.54, 1.807) is 18.2 Å². The van der Waals surface area contributed by atoms with Crippen LogP contribution in [0.5, 0.6) is 0 Å². The van der Waals surface area contributed by atoms with Gasteiger partial charge in [-0.1, -0.05) is 36.4 Å². The molecule has 0 bridgehead atoms. The highest BCUT2D eigenvalue weighted by Crippen LogP contribution is 2.37. The van der Waals surface area contributed by atoms with Crippen molar-refractivity contribution in [2.45, 2.75) is 16.9 Å². The molecule has 9 nitrogen and oxygen atoms in total. The summed E-state index contributed by atoms with van der Waals surface area (Å²) in [6.07, 6.45) is 1.50. The molecule has 1 amide bonds. The predicted octanol–water partition coefficient (Wildman–Crippen LogP) is 2.04. The Labute approximate surface area is 179 Å². The summed E-state index contributed by atoms with van der Waals surface area (Å²) < 4.78 is 28.6. The summed E-state index contributed by atoms with van der Waals surface area (Å²) in [4.78, 5) is 12.2. The fourth-order valence-corrected chi connectivity index (χ4v) is 5.17. The largest absolute Gasteiger partial charge is 0.365 e. The number of nitrogens with two attached hydrogens (primary N) is 1. The average molecular weight is 436 g/mol. The van der Waals surface area contributed by atoms with E-state index in [0.29, 0.717) is 5.69 Å². The first-order valence-corrected chi connectivity index (χ1v) is 10.9. The number of aromatic nitrogens is 2. The lowest BCUT2D eigenvalue weighted by atomic mass is 9.89. The van der Waals surface area contributed by atoms with Crippen LogP contribution in [0.15, 0.2) is 71.8 Å². The van der Waals surface area contributed by atoms with Crippen LogP contribution < -0.4 is 11.1 Å². The molecule has 0 saturated carbocycles. The molecule has 2 aromatic carbocycles. The number of rotatable bonds is 7. The van der Waals surface area contributed by atoms with Crippen molar-refractivity contribution in [2.75, 3.05) is 18.4 Å². The van der Waals surface area contributed by atoms with Crippen LogP contribution in [0.1, 0.15) is 16.8 Å². The highest BCUT2D eigenvalue weighted by Gasteiger charge is 2.51. The minimum Gasteiger partial charge on any atom is -0.365 e. The van der Waals surface area contributed by atoms with Crippen LogP contribution in [0.25, 0.3) is 0 Å². The molecule has 3 N–H and O–H groups in total. The molecule has 158 valence electrons. The van der Waals surface area contributed by atoms with Crippen LogP contribution in [0.2, 0.25) is 0 Å². The molecule has 3 aromatic rings. The van der Waals surface area contributed by atoms with Crippen LogP contribution >= 0.6 is 0 Å². The van der Waals surface area contributed by atoms with Gasteiger partial charge >= 0.3 is 0 Å². The number of sulfonamides is 1. The highest BCUT2D eigenvalue weighted by atomic mass is 32.2. The van der Waals surface area contributed by atoms with Crippen LogP contribution in [0.3, 0.4) is 0 Å². The SMILES string of the molecule is N#CCC1(n2cc(C(N)=O)c(Nc3ccccc3)n2)CN(S(=O)(=O)c2ccccc2)C1. The monoisotopic (exact) mass is 436 g/mol. The quantitative estimate of drug-likeness (QED) is 0.582. The summed E-state index contributed by atoms with van der Waals surface area (Å²) in [5, 5.41) is 16.9. The van der Waals surface area contributed by atoms with Gasteiger partial charge in [-0.3, -0.25) is 9.48 Å². The number of hydrogen-bond donors (Lipinski definition) is 2. The second kappa shape index (κ2) is 7.86. The molecule has 4 rings (SSSR count). The molecule has 1 aliphatic rings. The van der Waals surface area contributed by atoms with Gasteiger partial charge in [-0.05, 0) is 24.3 Å². The number of para-hydroxylation sites is 1. The van der Waals surface area contributed by atoms with Crippen molar-refractivity contribution in [3.63, 3.8) is 0 Å². The topological polar surface area (TPSA) is 134 Å². The standard InChI is InChI=1S/C21H20N6O3S/c22-12-11-21(14-26(15-21)31(29,30)17-9-5-2-6-10-17)27-13-18(19(23)28)20(25-27)24-16-7-3-1-4-8-16/h1-10,13H,11,14-15H2,(H2,23,28)(H,24,25). The van der Waals surface area contributed by atoms with Crippen molar-refractivity contribution in [1.29, 1.82) is 5.26 Å². The van der Waals surface area contributed by atoms with Gasteiger partial charge in [0.2, 0.25) is 10.0 Å². The number of hydrogen-bond acceptors (Lipinski definition) is 6. The molecule has 1 aromatic heterocycles. The molecule has 0 radical (unpaired) electrons. The fourth-order valence-electron chi connectivity index (χ4n) is 3.55. The van der Waals surface area contributed by atoms with E-state index in [0.717, 1.165) is 0 Å². The summed E-state index contributed by atoms with van der Waals surface area (Å²) in [7, 11) is -3.69. The van der Waals surface area contributed by atoms with Gasteiger partial charge < -0.3 is 11.1 Å². The zero-order valence-corrected chi connectivity index (χ0v) is 17.3. The third-order valence-electron chi connectivity index (χ3n) is 5.23. The summed E-state index contributed by atoms with van der Waals surface area (Å²) in [5.74, 6) is -0.426. The number of nitrogens with zero attached hydrogens (tertiary/aromatic N) is 4. The molecule has 1 fully saturated rings. The number of carbonyl (C=O) groups excluding carboxylic acids is 1. The Morgan fingerprint density at radius 2 is 1.74 bits per heavy atom. The van der Waals surface area contributed by atoms with E-state index in [9.17, 15) is 18.5 Å². The van der Waals surface area contributed by atoms with Crippen LogP contribution in [0.4, 0.5) is 11.5 Å². The third-order valence-corrected chi connectivity index (χ3v) is 7.04. The summed E-state index contributed by atoms with van der Waals surface area (Å²) in [5.41, 5.74) is 5.51. The highest BCUT2D eigenvalue weighted by molar-refractivity contribution is 7.89. The molecule has 2 heterocycles. The predicted molar refractivity (Wildman–Crippen MR) is 114 cm³/mol. The Hall–Kier alpha value is -3.68. The smallest absolute Gasteiger partial charge is 0.254 e. The van der Waals surface area contributed by atoms with Crippen molar-refractivity contribution in [2.24, 2.45) is 5.73 Å². The number of anilines is 2. The molecular weight excluding hydrogens is 416 g/mol. The van der Waals surface area contributed by atoms with Gasteiger partial charge in [0.1, 0.15) is 11.1 Å². The van der Waals surface area contributed by atoms with Crippen LogP contribution in [-0.2, 0) is 15.6 Å². The van der Waals surface area contributed by atoms with E-state index in [2.05, 4.69) is 16.5 Å². The molecule has 0 unspecified atom stereocenters. The Morgan fingerprint density at radius 1 is 1.13 bits per heavy atom. The summed E-state index contributed by atoms with van der Waals surface area (Å²) in [6, 6.07) is 19.4. The second-order valence-corrected chi connectivity index (χ2v) is 9.27. The first kappa shape index (κ1) is 20.6. The van der Waals surface area contributed by atoms with Gasteiger partial charge in [-0.2, -0.15) is 14.7 Å². The molecule has 1 aliphatic heterocycles. The zero-order chi connectivity index (χ0) is 22.1. The molecule has 0 spiro atoms. The van der Waals surface area contributed by atoms with Crippen LogP contribution in [0, 0.1) is 11.3 Å². The van der Waals surface area contributed by atoms with E-state index < -0.39 is 21.5 Å². The van der Waals surface area contributed by atoms with Crippen molar-refractivity contribution in [1.82, 2.24) is 14.1 Å². The zero-order valence-electron chi connectivity index (χ0n) is 16.5. The number of nitrogens with one attached hydrogen (secondary N) is 1.